The largest absolute Gasteiger partial charge is 0.672 e. The van der Waals surface area contributed by atoms with Gasteiger partial charge in [0.1, 0.15) is 0 Å². The number of hydrogen-bond donors (Lipinski definition) is 4. The summed E-state index contributed by atoms with van der Waals surface area (Å²) < 4.78 is 4.66. The fourth-order valence-electron chi connectivity index (χ4n) is 3.14. The summed E-state index contributed by atoms with van der Waals surface area (Å²) in [6.45, 7) is 4.20. The van der Waals surface area contributed by atoms with Crippen LogP contribution in [0.25, 0.3) is 16.9 Å². The Morgan fingerprint density at radius 3 is 2.00 bits per heavy atom. The zero-order valence-electron chi connectivity index (χ0n) is 19.4. The van der Waals surface area contributed by atoms with Crippen LogP contribution < -0.4 is 5.32 Å². The summed E-state index contributed by atoms with van der Waals surface area (Å²) in [7, 11) is 1.00. The summed E-state index contributed by atoms with van der Waals surface area (Å²) in [6, 6.07) is 11.5. The summed E-state index contributed by atoms with van der Waals surface area (Å²) in [6.07, 6.45) is -0.306. The van der Waals surface area contributed by atoms with Crippen molar-refractivity contribution in [2.45, 2.75) is 44.4 Å². The Morgan fingerprint density at radius 2 is 1.56 bits per heavy atom. The molecule has 3 unspecified atom stereocenters. The van der Waals surface area contributed by atoms with E-state index in [9.17, 15) is 15.0 Å². The normalized spacial score (nSPS) is 14.8. The number of esters is 1. The van der Waals surface area contributed by atoms with Crippen LogP contribution in [0.3, 0.4) is 0 Å². The first kappa shape index (κ1) is 33.3. The van der Waals surface area contributed by atoms with Crippen LogP contribution in [0.1, 0.15) is 25.3 Å². The van der Waals surface area contributed by atoms with Crippen LogP contribution in [0, 0.1) is 31.1 Å². The van der Waals surface area contributed by atoms with E-state index in [-0.39, 0.29) is 44.1 Å². The summed E-state index contributed by atoms with van der Waals surface area (Å²) >= 11 is 12.0. The molecule has 1 saturated heterocycles. The Labute approximate surface area is 235 Å². The summed E-state index contributed by atoms with van der Waals surface area (Å²) in [5.74, 6) is -0.926. The first-order chi connectivity index (χ1) is 15.8. The molecule has 188 valence electrons. The molecular weight excluding hydrogens is 705 g/mol. The van der Waals surface area contributed by atoms with E-state index in [4.69, 9.17) is 34.0 Å². The van der Waals surface area contributed by atoms with Crippen molar-refractivity contribution in [2.24, 2.45) is 0 Å². The molecule has 3 rings (SSSR count). The smallest absolute Gasteiger partial charge is 0.337 e. The molecule has 0 aliphatic carbocycles. The van der Waals surface area contributed by atoms with Crippen molar-refractivity contribution in [3.8, 4) is 11.1 Å². The minimum Gasteiger partial charge on any atom is -0.672 e. The second kappa shape index (κ2) is 18.6. The van der Waals surface area contributed by atoms with Crippen LogP contribution in [0.15, 0.2) is 42.5 Å². The van der Waals surface area contributed by atoms with Crippen LogP contribution in [-0.2, 0) is 16.0 Å². The van der Waals surface area contributed by atoms with Crippen molar-refractivity contribution < 1.29 is 56.0 Å². The molecule has 5 N–H and O–H groups in total. The van der Waals surface area contributed by atoms with Crippen LogP contribution in [0.4, 0.5) is 0 Å². The van der Waals surface area contributed by atoms with E-state index in [2.05, 4.69) is 10.1 Å². The number of aliphatic hydroxyl groups is 3. The molecule has 0 radical (unpaired) electrons. The molecule has 0 saturated carbocycles. The number of aliphatic hydroxyl groups excluding tert-OH is 3. The second-order valence-electron chi connectivity index (χ2n) is 7.31. The van der Waals surface area contributed by atoms with Crippen LogP contribution >= 0.6 is 23.2 Å². The molecule has 1 heterocycles. The van der Waals surface area contributed by atoms with Crippen molar-refractivity contribution in [3.05, 3.63) is 63.8 Å². The average Bonchev–Trinajstić information content (AvgIpc) is 3.40. The van der Waals surface area contributed by atoms with Gasteiger partial charge in [-0.05, 0) is 74.2 Å². The fourth-order valence-corrected chi connectivity index (χ4v) is 3.67. The number of ether oxygens (including phenoxy) is 1. The Hall–Kier alpha value is -0.658. The molecule has 1 aliphatic heterocycles. The first-order valence-corrected chi connectivity index (χ1v) is 11.5. The third-order valence-corrected chi connectivity index (χ3v) is 5.26. The zero-order chi connectivity index (χ0) is 24.8. The van der Waals surface area contributed by atoms with E-state index in [0.29, 0.717) is 10.0 Å². The van der Waals surface area contributed by atoms with Gasteiger partial charge in [0.05, 0.1) is 12.7 Å². The molecule has 1 fully saturated rings. The quantitative estimate of drug-likeness (QED) is 0.320. The van der Waals surface area contributed by atoms with E-state index in [1.54, 1.807) is 25.1 Å². The molecule has 0 aromatic heterocycles. The van der Waals surface area contributed by atoms with E-state index < -0.39 is 24.2 Å². The van der Waals surface area contributed by atoms with Gasteiger partial charge >= 0.3 is 5.97 Å². The van der Waals surface area contributed by atoms with Gasteiger partial charge in [-0.2, -0.15) is 0 Å². The zero-order valence-corrected chi connectivity index (χ0v) is 25.1. The number of carbonyl (C=O) groups excluding carboxylic acids is 1. The number of rotatable bonds is 7. The summed E-state index contributed by atoms with van der Waals surface area (Å²) in [5, 5.41) is 31.0. The van der Waals surface area contributed by atoms with Crippen molar-refractivity contribution in [1.29, 1.82) is 0 Å². The van der Waals surface area contributed by atoms with E-state index in [1.165, 1.54) is 25.9 Å². The molecule has 3 atom stereocenters. The summed E-state index contributed by atoms with van der Waals surface area (Å²) in [4.78, 5) is 11.5. The van der Waals surface area contributed by atoms with Gasteiger partial charge in [-0.25, -0.2) is 4.79 Å². The molecule has 34 heavy (non-hydrogen) atoms. The van der Waals surface area contributed by atoms with Crippen LogP contribution in [-0.4, -0.2) is 66.3 Å². The molecule has 10 heteroatoms. The van der Waals surface area contributed by atoms with E-state index in [0.717, 1.165) is 23.8 Å². The SMILES string of the molecule is C1CCNC1.CCOC(=O)C(O)C(O)C([NH-])Cc1ccc(-c2cc(Cl)cc(Cl)c2)cc1.CO.[U]. The standard InChI is InChI=1S/C19H20Cl2NO4.C4H9N.CH4O.U/c1-2-26-19(25)18(24)17(23)16(22)7-11-3-5-12(6-4-11)13-8-14(20)10-15(21)9-13;1-2-4-5-3-1;1-2;/h3-6,8-10,16-18,22-24H,2,7H2,1H3;5H,1-4H2;2H,1H3;/q-1;;;. The van der Waals surface area contributed by atoms with Crippen LogP contribution in [0.5, 0.6) is 0 Å². The monoisotopic (exact) mass is 737 g/mol. The Morgan fingerprint density at radius 1 is 1.03 bits per heavy atom. The Kier molecular flexibility index (Phi) is 18.2. The van der Waals surface area contributed by atoms with E-state index >= 15 is 0 Å². The second-order valence-corrected chi connectivity index (χ2v) is 8.18. The predicted octanol–water partition coefficient (Wildman–Crippen LogP) is 3.89. The van der Waals surface area contributed by atoms with Gasteiger partial charge < -0.3 is 31.1 Å². The van der Waals surface area contributed by atoms with Gasteiger partial charge in [0.25, 0.3) is 0 Å². The fraction of sp³-hybridized carbons (Fsp3) is 0.458. The maximum absolute atomic E-state index is 11.5. The van der Waals surface area contributed by atoms with Gasteiger partial charge in [-0.15, -0.1) is 6.04 Å². The predicted molar refractivity (Wildman–Crippen MR) is 133 cm³/mol. The maximum Gasteiger partial charge on any atom is 0.337 e. The van der Waals surface area contributed by atoms with Gasteiger partial charge in [0, 0.05) is 48.3 Å². The van der Waals surface area contributed by atoms with E-state index in [1.807, 2.05) is 24.3 Å². The first-order valence-electron chi connectivity index (χ1n) is 10.8. The molecule has 0 bridgehead atoms. The molecular formula is C24H33Cl2N2O5U-. The topological polar surface area (TPSA) is 123 Å². The maximum atomic E-state index is 11.5. The molecule has 2 aromatic carbocycles. The van der Waals surface area contributed by atoms with Crippen molar-refractivity contribution in [2.75, 3.05) is 26.8 Å². The molecule has 2 aromatic rings. The van der Waals surface area contributed by atoms with Gasteiger partial charge in [0.2, 0.25) is 0 Å². The molecule has 0 spiro atoms. The van der Waals surface area contributed by atoms with Crippen LogP contribution in [0.2, 0.25) is 10.0 Å². The number of benzene rings is 2. The van der Waals surface area contributed by atoms with Gasteiger partial charge in [-0.1, -0.05) is 47.5 Å². The van der Waals surface area contributed by atoms with Gasteiger partial charge in [-0.3, -0.25) is 0 Å². The average molecular weight is 738 g/mol. The van der Waals surface area contributed by atoms with Crippen molar-refractivity contribution >= 4 is 29.2 Å². The third-order valence-electron chi connectivity index (χ3n) is 4.83. The minimum atomic E-state index is -1.73. The molecule has 0 amide bonds. The molecule has 7 nitrogen and oxygen atoms in total. The summed E-state index contributed by atoms with van der Waals surface area (Å²) in [5.41, 5.74) is 10.6. The number of hydrogen-bond acceptors (Lipinski definition) is 6. The number of carbonyl (C=O) groups is 1. The third kappa shape index (κ3) is 11.9. The number of halogens is 2. The van der Waals surface area contributed by atoms with Crippen molar-refractivity contribution in [1.82, 2.24) is 5.32 Å². The van der Waals surface area contributed by atoms with Crippen molar-refractivity contribution in [3.63, 3.8) is 0 Å². The number of nitrogens with one attached hydrogen (secondary N) is 2. The van der Waals surface area contributed by atoms with Gasteiger partial charge in [0.15, 0.2) is 6.10 Å². The Bertz CT molecular complexity index is 811. The molecule has 1 aliphatic rings. The Balaban J connectivity index is 0.00000118. The minimum absolute atomic E-state index is 0.